The van der Waals surface area contributed by atoms with Gasteiger partial charge >= 0.3 is 0 Å². The lowest BCUT2D eigenvalue weighted by atomic mass is 10.2. The SMILES string of the molecule is CCCc1nnc(NC(=O)c2ccc(-c3cc(Cl)ccc3Cl)o2)s1. The van der Waals surface area contributed by atoms with Gasteiger partial charge in [0.15, 0.2) is 5.76 Å². The van der Waals surface area contributed by atoms with E-state index < -0.39 is 5.91 Å². The van der Waals surface area contributed by atoms with Gasteiger partial charge in [0.05, 0.1) is 5.02 Å². The number of nitrogens with one attached hydrogen (secondary N) is 1. The van der Waals surface area contributed by atoms with E-state index in [4.69, 9.17) is 27.6 Å². The number of hydrogen-bond acceptors (Lipinski definition) is 5. The van der Waals surface area contributed by atoms with Gasteiger partial charge in [-0.25, -0.2) is 0 Å². The first-order valence-electron chi connectivity index (χ1n) is 7.26. The molecule has 24 heavy (non-hydrogen) atoms. The van der Waals surface area contributed by atoms with Crippen molar-refractivity contribution in [2.45, 2.75) is 19.8 Å². The zero-order chi connectivity index (χ0) is 17.1. The van der Waals surface area contributed by atoms with Gasteiger partial charge in [-0.2, -0.15) is 0 Å². The van der Waals surface area contributed by atoms with Crippen LogP contribution < -0.4 is 5.32 Å². The lowest BCUT2D eigenvalue weighted by Crippen LogP contribution is -2.10. The second kappa shape index (κ2) is 7.34. The van der Waals surface area contributed by atoms with Crippen LogP contribution in [0.4, 0.5) is 5.13 Å². The van der Waals surface area contributed by atoms with Gasteiger partial charge < -0.3 is 4.42 Å². The van der Waals surface area contributed by atoms with Crippen LogP contribution in [-0.4, -0.2) is 16.1 Å². The van der Waals surface area contributed by atoms with E-state index in [1.807, 2.05) is 0 Å². The highest BCUT2D eigenvalue weighted by Crippen LogP contribution is 2.32. The standard InChI is InChI=1S/C16H13Cl2N3O2S/c1-2-3-14-20-21-16(24-14)19-15(22)13-7-6-12(23-13)10-8-9(17)4-5-11(10)18/h4-8H,2-3H2,1H3,(H,19,21,22). The van der Waals surface area contributed by atoms with Crippen LogP contribution in [0.3, 0.4) is 0 Å². The summed E-state index contributed by atoms with van der Waals surface area (Å²) in [6.45, 7) is 2.06. The minimum Gasteiger partial charge on any atom is -0.451 e. The first kappa shape index (κ1) is 17.0. The van der Waals surface area contributed by atoms with Crippen molar-refractivity contribution in [2.24, 2.45) is 0 Å². The molecule has 1 amide bonds. The van der Waals surface area contributed by atoms with Gasteiger partial charge in [-0.1, -0.05) is 41.5 Å². The Morgan fingerprint density at radius 3 is 2.88 bits per heavy atom. The highest BCUT2D eigenvalue weighted by atomic mass is 35.5. The minimum absolute atomic E-state index is 0.160. The lowest BCUT2D eigenvalue weighted by Gasteiger charge is -2.01. The van der Waals surface area contributed by atoms with Crippen LogP contribution in [0.15, 0.2) is 34.7 Å². The number of carbonyl (C=O) groups is 1. The zero-order valence-electron chi connectivity index (χ0n) is 12.7. The first-order valence-corrected chi connectivity index (χ1v) is 8.83. The second-order valence-electron chi connectivity index (χ2n) is 4.99. The average Bonchev–Trinajstić information content (AvgIpc) is 3.20. The van der Waals surface area contributed by atoms with Gasteiger partial charge in [0.2, 0.25) is 5.13 Å². The van der Waals surface area contributed by atoms with Crippen molar-refractivity contribution in [3.8, 4) is 11.3 Å². The molecule has 1 aromatic carbocycles. The van der Waals surface area contributed by atoms with E-state index in [1.54, 1.807) is 30.3 Å². The molecule has 1 N–H and O–H groups in total. The quantitative estimate of drug-likeness (QED) is 0.649. The molecule has 3 rings (SSSR count). The van der Waals surface area contributed by atoms with Crippen LogP contribution in [0, 0.1) is 0 Å². The second-order valence-corrected chi connectivity index (χ2v) is 6.90. The molecule has 0 bridgehead atoms. The number of anilines is 1. The molecule has 124 valence electrons. The summed E-state index contributed by atoms with van der Waals surface area (Å²) in [7, 11) is 0. The average molecular weight is 382 g/mol. The van der Waals surface area contributed by atoms with Gasteiger partial charge in [-0.15, -0.1) is 10.2 Å². The summed E-state index contributed by atoms with van der Waals surface area (Å²) < 4.78 is 5.60. The summed E-state index contributed by atoms with van der Waals surface area (Å²) in [5, 5.41) is 13.0. The third-order valence-corrected chi connectivity index (χ3v) is 4.64. The molecule has 0 aliphatic carbocycles. The van der Waals surface area contributed by atoms with Crippen molar-refractivity contribution in [2.75, 3.05) is 5.32 Å². The maximum absolute atomic E-state index is 12.3. The number of nitrogens with zero attached hydrogens (tertiary/aromatic N) is 2. The first-order chi connectivity index (χ1) is 11.6. The summed E-state index contributed by atoms with van der Waals surface area (Å²) in [5.41, 5.74) is 0.629. The Balaban J connectivity index is 1.77. The molecule has 2 aromatic heterocycles. The zero-order valence-corrected chi connectivity index (χ0v) is 15.0. The Hall–Kier alpha value is -1.89. The maximum Gasteiger partial charge on any atom is 0.293 e. The molecular weight excluding hydrogens is 369 g/mol. The summed E-state index contributed by atoms with van der Waals surface area (Å²) in [6.07, 6.45) is 1.82. The summed E-state index contributed by atoms with van der Waals surface area (Å²) in [6, 6.07) is 8.31. The van der Waals surface area contributed by atoms with Gasteiger partial charge in [0.1, 0.15) is 10.8 Å². The Labute approximate surface area is 152 Å². The molecule has 0 radical (unpaired) electrons. The Morgan fingerprint density at radius 1 is 1.25 bits per heavy atom. The van der Waals surface area contributed by atoms with E-state index in [0.29, 0.717) is 26.5 Å². The van der Waals surface area contributed by atoms with Crippen molar-refractivity contribution in [1.82, 2.24) is 10.2 Å². The summed E-state index contributed by atoms with van der Waals surface area (Å²) >= 11 is 13.5. The van der Waals surface area contributed by atoms with Crippen LogP contribution in [-0.2, 0) is 6.42 Å². The molecule has 0 spiro atoms. The van der Waals surface area contributed by atoms with Crippen LogP contribution >= 0.6 is 34.5 Å². The summed E-state index contributed by atoms with van der Waals surface area (Å²) in [5.74, 6) is 0.239. The van der Waals surface area contributed by atoms with E-state index in [-0.39, 0.29) is 5.76 Å². The number of halogens is 2. The smallest absolute Gasteiger partial charge is 0.293 e. The molecule has 2 heterocycles. The fourth-order valence-electron chi connectivity index (χ4n) is 2.07. The topological polar surface area (TPSA) is 68.0 Å². The Bertz CT molecular complexity index is 876. The summed E-state index contributed by atoms with van der Waals surface area (Å²) in [4.78, 5) is 12.3. The molecule has 0 fully saturated rings. The number of furan rings is 1. The Kier molecular flexibility index (Phi) is 5.18. The number of hydrogen-bond donors (Lipinski definition) is 1. The Morgan fingerprint density at radius 2 is 2.08 bits per heavy atom. The van der Waals surface area contributed by atoms with Gasteiger partial charge in [-0.3, -0.25) is 10.1 Å². The predicted octanol–water partition coefficient (Wildman–Crippen LogP) is 5.31. The van der Waals surface area contributed by atoms with Crippen LogP contribution in [0.1, 0.15) is 28.9 Å². The number of carbonyl (C=O) groups excluding carboxylic acids is 1. The van der Waals surface area contributed by atoms with Gasteiger partial charge in [0.25, 0.3) is 5.91 Å². The fraction of sp³-hybridized carbons (Fsp3) is 0.188. The van der Waals surface area contributed by atoms with E-state index in [1.165, 1.54) is 11.3 Å². The number of aryl methyl sites for hydroxylation is 1. The van der Waals surface area contributed by atoms with E-state index in [0.717, 1.165) is 17.8 Å². The monoisotopic (exact) mass is 381 g/mol. The number of aromatic nitrogens is 2. The number of rotatable bonds is 5. The van der Waals surface area contributed by atoms with E-state index in [2.05, 4.69) is 22.4 Å². The molecule has 0 atom stereocenters. The van der Waals surface area contributed by atoms with Crippen molar-refractivity contribution in [1.29, 1.82) is 0 Å². The van der Waals surface area contributed by atoms with Crippen molar-refractivity contribution in [3.05, 3.63) is 51.1 Å². The van der Waals surface area contributed by atoms with Gasteiger partial charge in [0, 0.05) is 17.0 Å². The van der Waals surface area contributed by atoms with E-state index in [9.17, 15) is 4.79 Å². The third kappa shape index (κ3) is 3.77. The minimum atomic E-state index is -0.390. The van der Waals surface area contributed by atoms with Crippen LogP contribution in [0.5, 0.6) is 0 Å². The van der Waals surface area contributed by atoms with E-state index >= 15 is 0 Å². The lowest BCUT2D eigenvalue weighted by molar-refractivity contribution is 0.0997. The van der Waals surface area contributed by atoms with Gasteiger partial charge in [-0.05, 0) is 36.8 Å². The molecule has 3 aromatic rings. The maximum atomic E-state index is 12.3. The number of benzene rings is 1. The largest absolute Gasteiger partial charge is 0.451 e. The molecule has 0 aliphatic rings. The molecule has 0 unspecified atom stereocenters. The molecule has 0 saturated carbocycles. The van der Waals surface area contributed by atoms with Crippen molar-refractivity contribution in [3.63, 3.8) is 0 Å². The van der Waals surface area contributed by atoms with Crippen LogP contribution in [0.25, 0.3) is 11.3 Å². The molecule has 0 saturated heterocycles. The third-order valence-electron chi connectivity index (χ3n) is 3.17. The molecule has 8 heteroatoms. The fourth-order valence-corrected chi connectivity index (χ4v) is 3.29. The predicted molar refractivity (Wildman–Crippen MR) is 96.0 cm³/mol. The number of amides is 1. The van der Waals surface area contributed by atoms with Crippen molar-refractivity contribution < 1.29 is 9.21 Å². The highest BCUT2D eigenvalue weighted by molar-refractivity contribution is 7.15. The van der Waals surface area contributed by atoms with Crippen LogP contribution in [0.2, 0.25) is 10.0 Å². The highest BCUT2D eigenvalue weighted by Gasteiger charge is 2.16. The van der Waals surface area contributed by atoms with Crippen molar-refractivity contribution >= 4 is 45.6 Å². The molecule has 0 aliphatic heterocycles. The molecular formula is C16H13Cl2N3O2S. The molecule has 5 nitrogen and oxygen atoms in total. The normalized spacial score (nSPS) is 10.8.